The summed E-state index contributed by atoms with van der Waals surface area (Å²) >= 11 is 1.11. The van der Waals surface area contributed by atoms with Crippen molar-refractivity contribution < 1.29 is 18.7 Å². The second-order valence-corrected chi connectivity index (χ2v) is 9.29. The van der Waals surface area contributed by atoms with Gasteiger partial charge in [-0.1, -0.05) is 54.9 Å². The summed E-state index contributed by atoms with van der Waals surface area (Å²) in [6.45, 7) is 2.47. The smallest absolute Gasteiger partial charge is 0.286 e. The number of benzene rings is 2. The molecule has 1 saturated heterocycles. The van der Waals surface area contributed by atoms with Gasteiger partial charge in [-0.15, -0.1) is 0 Å². The number of oxazole rings is 1. The molecule has 1 fully saturated rings. The number of unbranched alkanes of at least 4 members (excludes halogenated alkanes) is 2. The number of hydrogen-bond donors (Lipinski definition) is 1. The van der Waals surface area contributed by atoms with E-state index in [2.05, 4.69) is 22.4 Å². The van der Waals surface area contributed by atoms with Crippen molar-refractivity contribution in [1.82, 2.24) is 10.3 Å². The van der Waals surface area contributed by atoms with E-state index >= 15 is 0 Å². The summed E-state index contributed by atoms with van der Waals surface area (Å²) in [5, 5.41) is 1.91. The van der Waals surface area contributed by atoms with Crippen LogP contribution < -0.4 is 10.1 Å². The van der Waals surface area contributed by atoms with Crippen molar-refractivity contribution in [2.75, 3.05) is 6.61 Å². The Morgan fingerprint density at radius 3 is 2.52 bits per heavy atom. The Balaban J connectivity index is 1.15. The van der Waals surface area contributed by atoms with E-state index in [0.717, 1.165) is 66.6 Å². The van der Waals surface area contributed by atoms with Crippen LogP contribution in [0.5, 0.6) is 5.75 Å². The highest BCUT2D eigenvalue weighted by molar-refractivity contribution is 8.15. The van der Waals surface area contributed by atoms with Crippen LogP contribution in [0, 0.1) is 6.92 Å². The summed E-state index contributed by atoms with van der Waals surface area (Å²) in [5.41, 5.74) is 3.16. The predicted molar refractivity (Wildman–Crippen MR) is 129 cm³/mol. The Morgan fingerprint density at radius 2 is 1.79 bits per heavy atom. The molecule has 1 unspecified atom stereocenters. The molecule has 1 aromatic heterocycles. The van der Waals surface area contributed by atoms with Gasteiger partial charge in [-0.2, -0.15) is 0 Å². The van der Waals surface area contributed by atoms with E-state index in [1.165, 1.54) is 5.56 Å². The van der Waals surface area contributed by atoms with Crippen molar-refractivity contribution in [3.05, 3.63) is 71.6 Å². The Kier molecular flexibility index (Phi) is 7.83. The highest BCUT2D eigenvalue weighted by Gasteiger charge is 2.30. The Hall–Kier alpha value is -3.06. The van der Waals surface area contributed by atoms with Crippen molar-refractivity contribution >= 4 is 22.9 Å². The molecular formula is C26H28N2O4S. The third kappa shape index (κ3) is 6.48. The maximum absolute atomic E-state index is 11.6. The minimum Gasteiger partial charge on any atom is -0.493 e. The standard InChI is InChI=1S/C26H28N2O4S/c1-18-22(27-25(32-18)20-9-5-3-6-10-20)16-17-31-21-14-12-19(13-15-21)8-4-2-7-11-23-24(29)28-26(30)33-23/h3,5-6,9-10,12-15,23H,2,4,7-8,11,16-17H2,1H3,(H,28,29,30). The highest BCUT2D eigenvalue weighted by atomic mass is 32.2. The van der Waals surface area contributed by atoms with Gasteiger partial charge in [-0.3, -0.25) is 14.9 Å². The zero-order valence-electron chi connectivity index (χ0n) is 18.7. The van der Waals surface area contributed by atoms with E-state index in [4.69, 9.17) is 9.15 Å². The van der Waals surface area contributed by atoms with E-state index in [1.807, 2.05) is 49.4 Å². The molecule has 3 aromatic rings. The number of aryl methyl sites for hydroxylation is 2. The molecule has 2 aromatic carbocycles. The maximum Gasteiger partial charge on any atom is 0.286 e. The topological polar surface area (TPSA) is 81.4 Å². The summed E-state index contributed by atoms with van der Waals surface area (Å²) in [7, 11) is 0. The molecule has 2 heterocycles. The molecule has 1 aliphatic heterocycles. The third-order valence-corrected chi connectivity index (χ3v) is 6.69. The minimum absolute atomic E-state index is 0.143. The van der Waals surface area contributed by atoms with Crippen molar-refractivity contribution in [3.8, 4) is 17.2 Å². The SMILES string of the molecule is Cc1oc(-c2ccccc2)nc1CCOc1ccc(CCCCCC2SC(=O)NC2=O)cc1. The van der Waals surface area contributed by atoms with Crippen LogP contribution in [0.2, 0.25) is 0 Å². The van der Waals surface area contributed by atoms with Crippen LogP contribution in [0.15, 0.2) is 59.0 Å². The summed E-state index contributed by atoms with van der Waals surface area (Å²) in [5.74, 6) is 2.17. The van der Waals surface area contributed by atoms with Crippen molar-refractivity contribution in [3.63, 3.8) is 0 Å². The van der Waals surface area contributed by atoms with Crippen LogP contribution in [-0.2, 0) is 17.6 Å². The van der Waals surface area contributed by atoms with E-state index in [9.17, 15) is 9.59 Å². The molecule has 0 bridgehead atoms. The van der Waals surface area contributed by atoms with Crippen LogP contribution in [0.1, 0.15) is 42.7 Å². The van der Waals surface area contributed by atoms with E-state index in [-0.39, 0.29) is 16.4 Å². The molecule has 0 saturated carbocycles. The fraction of sp³-hybridized carbons (Fsp3) is 0.346. The second kappa shape index (κ2) is 11.2. The van der Waals surface area contributed by atoms with Crippen LogP contribution in [0.4, 0.5) is 4.79 Å². The number of amides is 2. The van der Waals surface area contributed by atoms with Crippen molar-refractivity contribution in [2.45, 2.75) is 50.7 Å². The van der Waals surface area contributed by atoms with Crippen molar-refractivity contribution in [1.29, 1.82) is 0 Å². The number of aromatic nitrogens is 1. The van der Waals surface area contributed by atoms with E-state index in [1.54, 1.807) is 0 Å². The number of imide groups is 1. The van der Waals surface area contributed by atoms with Crippen LogP contribution in [0.3, 0.4) is 0 Å². The normalized spacial score (nSPS) is 15.6. The highest BCUT2D eigenvalue weighted by Crippen LogP contribution is 2.25. The van der Waals surface area contributed by atoms with E-state index < -0.39 is 0 Å². The largest absolute Gasteiger partial charge is 0.493 e. The number of hydrogen-bond acceptors (Lipinski definition) is 6. The summed E-state index contributed by atoms with van der Waals surface area (Å²) in [4.78, 5) is 27.4. The molecular weight excluding hydrogens is 436 g/mol. The fourth-order valence-electron chi connectivity index (χ4n) is 3.80. The van der Waals surface area contributed by atoms with Crippen LogP contribution in [-0.4, -0.2) is 28.0 Å². The average Bonchev–Trinajstić information content (AvgIpc) is 3.35. The van der Waals surface area contributed by atoms with Gasteiger partial charge in [-0.25, -0.2) is 4.98 Å². The lowest BCUT2D eigenvalue weighted by atomic mass is 10.1. The number of nitrogens with zero attached hydrogens (tertiary/aromatic N) is 1. The number of thioether (sulfide) groups is 1. The molecule has 0 spiro atoms. The molecule has 6 nitrogen and oxygen atoms in total. The number of carbonyl (C=O) groups excluding carboxylic acids is 2. The first-order valence-corrected chi connectivity index (χ1v) is 12.2. The van der Waals surface area contributed by atoms with E-state index in [0.29, 0.717) is 18.9 Å². The number of nitrogens with one attached hydrogen (secondary N) is 1. The molecule has 1 N–H and O–H groups in total. The number of rotatable bonds is 11. The number of ether oxygens (including phenoxy) is 1. The van der Waals surface area contributed by atoms with Gasteiger partial charge in [0.15, 0.2) is 0 Å². The summed E-state index contributed by atoms with van der Waals surface area (Å²) in [6, 6.07) is 18.1. The van der Waals surface area contributed by atoms with Gasteiger partial charge >= 0.3 is 0 Å². The van der Waals surface area contributed by atoms with Gasteiger partial charge in [0.1, 0.15) is 11.5 Å². The predicted octanol–water partition coefficient (Wildman–Crippen LogP) is 5.73. The average molecular weight is 465 g/mol. The molecule has 172 valence electrons. The Bertz CT molecular complexity index is 1080. The van der Waals surface area contributed by atoms with Gasteiger partial charge in [0.25, 0.3) is 5.24 Å². The zero-order chi connectivity index (χ0) is 23.0. The van der Waals surface area contributed by atoms with Gasteiger partial charge in [0.05, 0.1) is 17.6 Å². The molecule has 7 heteroatoms. The van der Waals surface area contributed by atoms with Gasteiger partial charge in [-0.05, 0) is 56.0 Å². The first-order chi connectivity index (χ1) is 16.1. The number of carbonyl (C=O) groups is 2. The fourth-order valence-corrected chi connectivity index (χ4v) is 4.67. The van der Waals surface area contributed by atoms with Gasteiger partial charge < -0.3 is 9.15 Å². The third-order valence-electron chi connectivity index (χ3n) is 5.64. The first-order valence-electron chi connectivity index (χ1n) is 11.3. The lowest BCUT2D eigenvalue weighted by molar-refractivity contribution is -0.119. The quantitative estimate of drug-likeness (QED) is 0.365. The first kappa shape index (κ1) is 23.1. The minimum atomic E-state index is -0.222. The van der Waals surface area contributed by atoms with Crippen molar-refractivity contribution in [2.24, 2.45) is 0 Å². The molecule has 33 heavy (non-hydrogen) atoms. The second-order valence-electron chi connectivity index (χ2n) is 8.11. The molecule has 0 aliphatic carbocycles. The monoisotopic (exact) mass is 464 g/mol. The Morgan fingerprint density at radius 1 is 1.00 bits per heavy atom. The maximum atomic E-state index is 11.6. The molecule has 1 aliphatic rings. The molecule has 1 atom stereocenters. The Labute approximate surface area is 198 Å². The molecule has 2 amide bonds. The van der Waals surface area contributed by atoms with Gasteiger partial charge in [0, 0.05) is 12.0 Å². The lowest BCUT2D eigenvalue weighted by Crippen LogP contribution is -2.24. The summed E-state index contributed by atoms with van der Waals surface area (Å²) < 4.78 is 11.7. The zero-order valence-corrected chi connectivity index (χ0v) is 19.5. The van der Waals surface area contributed by atoms with Crippen LogP contribution in [0.25, 0.3) is 11.5 Å². The van der Waals surface area contributed by atoms with Crippen LogP contribution >= 0.6 is 11.8 Å². The molecule has 0 radical (unpaired) electrons. The van der Waals surface area contributed by atoms with Gasteiger partial charge in [0.2, 0.25) is 11.8 Å². The molecule has 4 rings (SSSR count). The summed E-state index contributed by atoms with van der Waals surface area (Å²) in [6.07, 6.45) is 5.48. The lowest BCUT2D eigenvalue weighted by Gasteiger charge is -2.07.